The van der Waals surface area contributed by atoms with Gasteiger partial charge in [-0.3, -0.25) is 4.79 Å². The first-order valence-corrected chi connectivity index (χ1v) is 15.3. The predicted octanol–water partition coefficient (Wildman–Crippen LogP) is 4.05. The Morgan fingerprint density at radius 1 is 1.06 bits per heavy atom. The van der Waals surface area contributed by atoms with E-state index in [0.29, 0.717) is 16.8 Å². The van der Waals surface area contributed by atoms with Crippen LogP contribution in [0.15, 0.2) is 84.1 Å². The van der Waals surface area contributed by atoms with Gasteiger partial charge in [-0.05, 0) is 55.5 Å². The lowest BCUT2D eigenvalue weighted by atomic mass is 10.0. The number of carbonyl (C=O) groups excluding carboxylic acids is 1. The number of benzene rings is 3. The summed E-state index contributed by atoms with van der Waals surface area (Å²) >= 11 is 0. The van der Waals surface area contributed by atoms with Crippen molar-refractivity contribution in [2.75, 3.05) is 25.6 Å². The van der Waals surface area contributed by atoms with Crippen molar-refractivity contribution in [2.45, 2.75) is 26.2 Å². The number of nitrogens with zero attached hydrogens (tertiary/aromatic N) is 6. The number of aromatic nitrogens is 5. The number of carboxylic acid groups (broad SMARTS) is 1. The normalized spacial score (nSPS) is 12.5. The zero-order valence-electron chi connectivity index (χ0n) is 27.6. The number of amidine groups is 1. The lowest BCUT2D eigenvalue weighted by Gasteiger charge is -2.21. The van der Waals surface area contributed by atoms with Gasteiger partial charge in [-0.1, -0.05) is 17.7 Å². The van der Waals surface area contributed by atoms with Gasteiger partial charge >= 0.3 is 12.2 Å². The highest BCUT2D eigenvalue weighted by atomic mass is 19.1. The van der Waals surface area contributed by atoms with Crippen LogP contribution in [0.25, 0.3) is 5.95 Å². The van der Waals surface area contributed by atoms with E-state index in [9.17, 15) is 14.7 Å². The van der Waals surface area contributed by atoms with Gasteiger partial charge in [0, 0.05) is 47.8 Å². The number of ether oxygens (including phenoxy) is 4. The third-order valence-electron chi connectivity index (χ3n) is 7.08. The van der Waals surface area contributed by atoms with Gasteiger partial charge < -0.3 is 40.2 Å². The van der Waals surface area contributed by atoms with Crippen molar-refractivity contribution in [1.29, 1.82) is 0 Å². The number of anilines is 1. The van der Waals surface area contributed by atoms with Crippen LogP contribution in [0, 0.1) is 12.7 Å². The molecule has 3 aromatic carbocycles. The molecule has 0 fully saturated rings. The Hall–Kier alpha value is -6.62. The summed E-state index contributed by atoms with van der Waals surface area (Å²) in [4.78, 5) is 40.7. The largest absolute Gasteiger partial charge is 0.508 e. The van der Waals surface area contributed by atoms with E-state index in [1.54, 1.807) is 54.6 Å². The van der Waals surface area contributed by atoms with E-state index in [1.165, 1.54) is 38.6 Å². The SMILES string of the molecule is COc1cc(OCCO)c(F)c([C@@H](Nc2ccc(C(N)=NC(=O)c3ccc(C)cc3)cc2)c2nc(OC(C)OC(=O)O)n(-c3ncccn3)n2)c1. The van der Waals surface area contributed by atoms with Gasteiger partial charge in [0.05, 0.1) is 13.7 Å². The second-order valence-electron chi connectivity index (χ2n) is 10.7. The maximum Gasteiger partial charge on any atom is 0.508 e. The lowest BCUT2D eigenvalue weighted by molar-refractivity contribution is -0.0463. The maximum absolute atomic E-state index is 16.2. The summed E-state index contributed by atoms with van der Waals surface area (Å²) < 4.78 is 38.5. The fraction of sp³-hybridized carbons (Fsp3) is 0.206. The van der Waals surface area contributed by atoms with E-state index in [0.717, 1.165) is 10.2 Å². The molecule has 16 nitrogen and oxygen atoms in total. The van der Waals surface area contributed by atoms with Crippen molar-refractivity contribution in [2.24, 2.45) is 10.7 Å². The van der Waals surface area contributed by atoms with Crippen LogP contribution in [0.4, 0.5) is 14.9 Å². The van der Waals surface area contributed by atoms with Gasteiger partial charge in [-0.25, -0.2) is 19.2 Å². The highest BCUT2D eigenvalue weighted by molar-refractivity contribution is 6.08. The highest BCUT2D eigenvalue weighted by Gasteiger charge is 2.29. The smallest absolute Gasteiger partial charge is 0.497 e. The van der Waals surface area contributed by atoms with Crippen LogP contribution >= 0.6 is 0 Å². The number of aryl methyl sites for hydroxylation is 1. The number of carbonyl (C=O) groups is 2. The molecule has 1 amide bonds. The lowest BCUT2D eigenvalue weighted by Crippen LogP contribution is -2.21. The van der Waals surface area contributed by atoms with E-state index in [1.807, 2.05) is 6.92 Å². The van der Waals surface area contributed by atoms with Crippen LogP contribution in [0.3, 0.4) is 0 Å². The van der Waals surface area contributed by atoms with Crippen molar-refractivity contribution in [3.8, 4) is 23.5 Å². The minimum Gasteiger partial charge on any atom is -0.497 e. The maximum atomic E-state index is 16.2. The van der Waals surface area contributed by atoms with Gasteiger partial charge in [0.25, 0.3) is 11.9 Å². The summed E-state index contributed by atoms with van der Waals surface area (Å²) in [7, 11) is 1.39. The van der Waals surface area contributed by atoms with Crippen LogP contribution in [0.1, 0.15) is 45.8 Å². The van der Waals surface area contributed by atoms with Crippen LogP contribution in [0.2, 0.25) is 0 Å². The van der Waals surface area contributed by atoms with Crippen molar-refractivity contribution < 1.29 is 43.1 Å². The summed E-state index contributed by atoms with van der Waals surface area (Å²) in [5, 5.41) is 26.1. The van der Waals surface area contributed by atoms with Crippen molar-refractivity contribution in [3.05, 3.63) is 113 Å². The van der Waals surface area contributed by atoms with Crippen LogP contribution in [0.5, 0.6) is 17.5 Å². The molecule has 0 bridgehead atoms. The first-order chi connectivity index (χ1) is 24.6. The van der Waals surface area contributed by atoms with Gasteiger partial charge in [0.15, 0.2) is 17.4 Å². The number of halogens is 1. The minimum absolute atomic E-state index is 0.00454. The summed E-state index contributed by atoms with van der Waals surface area (Å²) in [6, 6.07) is 16.2. The number of hydrogen-bond acceptors (Lipinski definition) is 12. The van der Waals surface area contributed by atoms with Crippen LogP contribution in [-0.2, 0) is 4.74 Å². The molecule has 0 saturated carbocycles. The second kappa shape index (κ2) is 16.2. The Morgan fingerprint density at radius 3 is 2.39 bits per heavy atom. The number of aliphatic hydroxyl groups excluding tert-OH is 1. The van der Waals surface area contributed by atoms with E-state index in [-0.39, 0.29) is 53.9 Å². The third kappa shape index (κ3) is 8.90. The summed E-state index contributed by atoms with van der Waals surface area (Å²) in [5.74, 6) is -1.41. The zero-order valence-corrected chi connectivity index (χ0v) is 27.6. The van der Waals surface area contributed by atoms with Crippen molar-refractivity contribution >= 4 is 23.6 Å². The fourth-order valence-corrected chi connectivity index (χ4v) is 4.66. The molecule has 264 valence electrons. The number of rotatable bonds is 14. The van der Waals surface area contributed by atoms with Crippen molar-refractivity contribution in [3.63, 3.8) is 0 Å². The number of amides is 1. The molecule has 2 atom stereocenters. The van der Waals surface area contributed by atoms with Gasteiger partial charge in [-0.2, -0.15) is 9.98 Å². The number of aliphatic imine (C=N–C) groups is 1. The Bertz CT molecular complexity index is 2010. The standard InChI is InChI=1S/C34H33FN8O8/c1-19-5-7-22(8-6-19)31(45)40-29(36)21-9-11-23(12-10-21)39-28(25-17-24(48-3)18-26(27(25)35)49-16-15-44)30-41-33(50-20(2)51-34(46)47)43(42-30)32-37-13-4-14-38-32/h4-14,17-18,20,28,39,44H,15-16H2,1-3H3,(H,46,47)(H2,36,40,45)/t20?,28-/m1/s1. The average Bonchev–Trinajstić information content (AvgIpc) is 3.53. The predicted molar refractivity (Wildman–Crippen MR) is 180 cm³/mol. The van der Waals surface area contributed by atoms with E-state index < -0.39 is 30.2 Å². The van der Waals surface area contributed by atoms with Gasteiger partial charge in [-0.15, -0.1) is 9.78 Å². The molecule has 5 rings (SSSR count). The number of hydrogen-bond donors (Lipinski definition) is 4. The molecule has 0 aliphatic heterocycles. The monoisotopic (exact) mass is 700 g/mol. The Morgan fingerprint density at radius 2 is 1.75 bits per heavy atom. The van der Waals surface area contributed by atoms with Crippen LogP contribution in [-0.4, -0.2) is 79.5 Å². The molecule has 51 heavy (non-hydrogen) atoms. The molecule has 5 N–H and O–H groups in total. The summed E-state index contributed by atoms with van der Waals surface area (Å²) in [6.45, 7) is 2.66. The number of methoxy groups -OCH3 is 1. The number of aliphatic hydroxyl groups is 1. The minimum atomic E-state index is -1.59. The second-order valence-corrected chi connectivity index (χ2v) is 10.7. The molecule has 0 spiro atoms. The average molecular weight is 701 g/mol. The Kier molecular flexibility index (Phi) is 11.3. The van der Waals surface area contributed by atoms with E-state index in [2.05, 4.69) is 35.1 Å². The third-order valence-corrected chi connectivity index (χ3v) is 7.08. The molecule has 2 heterocycles. The first kappa shape index (κ1) is 35.7. The van der Waals surface area contributed by atoms with Gasteiger partial charge in [0.2, 0.25) is 6.29 Å². The van der Waals surface area contributed by atoms with E-state index in [4.69, 9.17) is 25.1 Å². The van der Waals surface area contributed by atoms with Crippen molar-refractivity contribution in [1.82, 2.24) is 24.7 Å². The zero-order chi connectivity index (χ0) is 36.5. The molecule has 2 aromatic heterocycles. The molecule has 17 heteroatoms. The number of nitrogens with two attached hydrogens (primary N) is 1. The molecule has 0 saturated heterocycles. The quantitative estimate of drug-likeness (QED) is 0.0556. The van der Waals surface area contributed by atoms with E-state index >= 15 is 4.39 Å². The first-order valence-electron chi connectivity index (χ1n) is 15.3. The van der Waals surface area contributed by atoms with Crippen LogP contribution < -0.4 is 25.3 Å². The molecule has 1 unspecified atom stereocenters. The highest BCUT2D eigenvalue weighted by Crippen LogP contribution is 2.36. The Balaban J connectivity index is 1.56. The summed E-state index contributed by atoms with van der Waals surface area (Å²) in [6.07, 6.45) is -0.0416. The topological polar surface area (TPSA) is 218 Å². The molecule has 0 aliphatic rings. The summed E-state index contributed by atoms with van der Waals surface area (Å²) in [5.41, 5.74) is 8.38. The molecule has 0 aliphatic carbocycles. The fourth-order valence-electron chi connectivity index (χ4n) is 4.66. The molecular weight excluding hydrogens is 667 g/mol. The molecular formula is C34H33FN8O8. The number of nitrogens with one attached hydrogen (secondary N) is 1. The van der Waals surface area contributed by atoms with Gasteiger partial charge in [0.1, 0.15) is 24.2 Å². The Labute approximate surface area is 290 Å². The molecule has 0 radical (unpaired) electrons. The molecule has 5 aromatic rings.